The van der Waals surface area contributed by atoms with Crippen molar-refractivity contribution in [2.24, 2.45) is 7.05 Å². The Balaban J connectivity index is 2.59. The van der Waals surface area contributed by atoms with Crippen LogP contribution < -0.4 is 5.73 Å². The van der Waals surface area contributed by atoms with E-state index < -0.39 is 9.84 Å². The van der Waals surface area contributed by atoms with Crippen molar-refractivity contribution in [2.75, 3.05) is 12.0 Å². The van der Waals surface area contributed by atoms with Crippen molar-refractivity contribution >= 4 is 15.7 Å². The zero-order valence-electron chi connectivity index (χ0n) is 10.2. The van der Waals surface area contributed by atoms with Crippen molar-refractivity contribution in [1.82, 2.24) is 14.8 Å². The highest BCUT2D eigenvalue weighted by molar-refractivity contribution is 7.89. The summed E-state index contributed by atoms with van der Waals surface area (Å²) in [4.78, 5) is 4.19. The highest BCUT2D eigenvalue weighted by Gasteiger charge is 2.19. The lowest BCUT2D eigenvalue weighted by molar-refractivity contribution is 0.600. The number of rotatable bonds is 3. The fourth-order valence-corrected chi connectivity index (χ4v) is 2.43. The van der Waals surface area contributed by atoms with Crippen LogP contribution in [0, 0.1) is 0 Å². The Morgan fingerprint density at radius 1 is 1.39 bits per heavy atom. The summed E-state index contributed by atoms with van der Waals surface area (Å²) < 4.78 is 24.3. The molecule has 2 N–H and O–H groups in total. The normalized spacial score (nSPS) is 11.7. The number of pyridine rings is 1. The van der Waals surface area contributed by atoms with E-state index in [9.17, 15) is 8.42 Å². The van der Waals surface area contributed by atoms with Crippen molar-refractivity contribution in [3.63, 3.8) is 0 Å². The smallest absolute Gasteiger partial charge is 0.153 e. The Morgan fingerprint density at radius 3 is 2.67 bits per heavy atom. The third-order valence-corrected chi connectivity index (χ3v) is 3.28. The first kappa shape index (κ1) is 12.6. The van der Waals surface area contributed by atoms with Crippen molar-refractivity contribution in [2.45, 2.75) is 5.75 Å². The van der Waals surface area contributed by atoms with Crippen LogP contribution in [0.2, 0.25) is 0 Å². The molecule has 0 unspecified atom stereocenters. The van der Waals surface area contributed by atoms with Gasteiger partial charge in [0.1, 0.15) is 5.82 Å². The minimum Gasteiger partial charge on any atom is -0.383 e. The molecule has 2 aromatic heterocycles. The molecule has 2 aromatic rings. The molecule has 7 heteroatoms. The molecule has 0 aromatic carbocycles. The van der Waals surface area contributed by atoms with E-state index in [1.807, 2.05) is 6.07 Å². The lowest BCUT2D eigenvalue weighted by Crippen LogP contribution is -2.03. The van der Waals surface area contributed by atoms with E-state index in [4.69, 9.17) is 5.73 Å². The third kappa shape index (κ3) is 2.51. The molecule has 0 aliphatic heterocycles. The number of nitrogens with two attached hydrogens (primary N) is 1. The molecule has 0 fully saturated rings. The van der Waals surface area contributed by atoms with E-state index in [0.29, 0.717) is 22.8 Å². The van der Waals surface area contributed by atoms with Gasteiger partial charge < -0.3 is 5.73 Å². The van der Waals surface area contributed by atoms with Crippen LogP contribution >= 0.6 is 0 Å². The molecule has 0 aliphatic rings. The van der Waals surface area contributed by atoms with Gasteiger partial charge in [-0.25, -0.2) is 8.42 Å². The van der Waals surface area contributed by atoms with Crippen LogP contribution in [0.4, 0.5) is 5.82 Å². The summed E-state index contributed by atoms with van der Waals surface area (Å²) >= 11 is 0. The Kier molecular flexibility index (Phi) is 3.08. The maximum Gasteiger partial charge on any atom is 0.153 e. The van der Waals surface area contributed by atoms with E-state index in [0.717, 1.165) is 0 Å². The van der Waals surface area contributed by atoms with Crippen LogP contribution in [-0.4, -0.2) is 29.4 Å². The first-order valence-electron chi connectivity index (χ1n) is 5.29. The fourth-order valence-electron chi connectivity index (χ4n) is 1.73. The van der Waals surface area contributed by atoms with Gasteiger partial charge >= 0.3 is 0 Å². The lowest BCUT2D eigenvalue weighted by atomic mass is 10.1. The van der Waals surface area contributed by atoms with Crippen molar-refractivity contribution in [3.8, 4) is 11.3 Å². The number of nitrogen functional groups attached to an aromatic ring is 1. The van der Waals surface area contributed by atoms with Gasteiger partial charge in [0.15, 0.2) is 9.84 Å². The number of anilines is 1. The lowest BCUT2D eigenvalue weighted by Gasteiger charge is -2.02. The minimum atomic E-state index is -3.17. The number of aromatic nitrogens is 3. The maximum absolute atomic E-state index is 11.4. The fraction of sp³-hybridized carbons (Fsp3) is 0.273. The molecule has 0 saturated heterocycles. The molecule has 0 radical (unpaired) electrons. The van der Waals surface area contributed by atoms with Crippen LogP contribution in [0.15, 0.2) is 24.4 Å². The van der Waals surface area contributed by atoms with E-state index in [1.165, 1.54) is 10.9 Å². The molecule has 0 bridgehead atoms. The second-order valence-corrected chi connectivity index (χ2v) is 6.26. The topological polar surface area (TPSA) is 90.9 Å². The van der Waals surface area contributed by atoms with Crippen LogP contribution in [0.25, 0.3) is 11.3 Å². The average molecular weight is 266 g/mol. The van der Waals surface area contributed by atoms with Gasteiger partial charge in [0.2, 0.25) is 0 Å². The van der Waals surface area contributed by atoms with Gasteiger partial charge in [-0.2, -0.15) is 5.10 Å². The molecule has 96 valence electrons. The van der Waals surface area contributed by atoms with Gasteiger partial charge in [0.05, 0.1) is 22.7 Å². The zero-order valence-corrected chi connectivity index (χ0v) is 11.0. The van der Waals surface area contributed by atoms with Gasteiger partial charge in [-0.3, -0.25) is 9.67 Å². The number of sulfone groups is 1. The van der Waals surface area contributed by atoms with Crippen molar-refractivity contribution < 1.29 is 8.42 Å². The quantitative estimate of drug-likeness (QED) is 0.878. The van der Waals surface area contributed by atoms with Crippen molar-refractivity contribution in [1.29, 1.82) is 0 Å². The summed E-state index contributed by atoms with van der Waals surface area (Å²) in [6.07, 6.45) is 2.80. The van der Waals surface area contributed by atoms with Gasteiger partial charge in [-0.05, 0) is 12.1 Å². The first-order chi connectivity index (χ1) is 8.38. The summed E-state index contributed by atoms with van der Waals surface area (Å²) in [5.41, 5.74) is 7.56. The predicted octanol–water partition coefficient (Wildman–Crippen LogP) is 0.609. The molecule has 0 saturated carbocycles. The molecule has 2 heterocycles. The zero-order chi connectivity index (χ0) is 13.3. The molecular formula is C11H14N4O2S. The first-order valence-corrected chi connectivity index (χ1v) is 7.35. The van der Waals surface area contributed by atoms with E-state index in [-0.39, 0.29) is 5.75 Å². The molecule has 2 rings (SSSR count). The van der Waals surface area contributed by atoms with Crippen LogP contribution in [-0.2, 0) is 22.6 Å². The molecule has 6 nitrogen and oxygen atoms in total. The molecule has 0 atom stereocenters. The maximum atomic E-state index is 11.4. The Morgan fingerprint density at radius 2 is 2.11 bits per heavy atom. The predicted molar refractivity (Wildman–Crippen MR) is 69.4 cm³/mol. The highest BCUT2D eigenvalue weighted by atomic mass is 32.2. The van der Waals surface area contributed by atoms with Gasteiger partial charge in [-0.15, -0.1) is 0 Å². The van der Waals surface area contributed by atoms with Crippen LogP contribution in [0.1, 0.15) is 5.69 Å². The van der Waals surface area contributed by atoms with Crippen LogP contribution in [0.5, 0.6) is 0 Å². The molecule has 0 spiro atoms. The number of aryl methyl sites for hydroxylation is 1. The Hall–Kier alpha value is -1.89. The summed E-state index contributed by atoms with van der Waals surface area (Å²) in [5.74, 6) is 0.261. The monoisotopic (exact) mass is 266 g/mol. The Bertz CT molecular complexity index is 662. The average Bonchev–Trinajstić information content (AvgIpc) is 2.53. The molecule has 0 aliphatic carbocycles. The van der Waals surface area contributed by atoms with Gasteiger partial charge in [0.25, 0.3) is 0 Å². The summed E-state index contributed by atoms with van der Waals surface area (Å²) in [6.45, 7) is 0. The standard InChI is InChI=1S/C11H14N4O2S/c1-15-11(12)10(8-5-3-4-6-13-8)9(14-15)7-18(2,16)17/h3-6H,7,12H2,1-2H3. The third-order valence-electron chi connectivity index (χ3n) is 2.48. The van der Waals surface area contributed by atoms with Crippen LogP contribution in [0.3, 0.4) is 0 Å². The van der Waals surface area contributed by atoms with E-state index in [2.05, 4.69) is 10.1 Å². The summed E-state index contributed by atoms with van der Waals surface area (Å²) in [7, 11) is -1.50. The summed E-state index contributed by atoms with van der Waals surface area (Å²) in [6, 6.07) is 5.38. The number of nitrogens with zero attached hydrogens (tertiary/aromatic N) is 3. The van der Waals surface area contributed by atoms with Gasteiger partial charge in [0, 0.05) is 19.5 Å². The molecular weight excluding hydrogens is 252 g/mol. The second-order valence-electron chi connectivity index (χ2n) is 4.12. The van der Waals surface area contributed by atoms with E-state index in [1.54, 1.807) is 25.4 Å². The van der Waals surface area contributed by atoms with E-state index >= 15 is 0 Å². The SMILES string of the molecule is Cn1nc(CS(C)(=O)=O)c(-c2ccccn2)c1N. The Labute approximate surface area is 105 Å². The highest BCUT2D eigenvalue weighted by Crippen LogP contribution is 2.28. The minimum absolute atomic E-state index is 0.149. The number of hydrogen-bond donors (Lipinski definition) is 1. The summed E-state index contributed by atoms with van der Waals surface area (Å²) in [5, 5.41) is 4.14. The van der Waals surface area contributed by atoms with Crippen molar-refractivity contribution in [3.05, 3.63) is 30.1 Å². The number of hydrogen-bond acceptors (Lipinski definition) is 5. The second kappa shape index (κ2) is 4.41. The van der Waals surface area contributed by atoms with Gasteiger partial charge in [-0.1, -0.05) is 6.07 Å². The largest absolute Gasteiger partial charge is 0.383 e. The molecule has 18 heavy (non-hydrogen) atoms. The molecule has 0 amide bonds.